The Morgan fingerprint density at radius 2 is 2.15 bits per heavy atom. The van der Waals surface area contributed by atoms with Crippen LogP contribution in [0.5, 0.6) is 5.75 Å². The summed E-state index contributed by atoms with van der Waals surface area (Å²) in [5.74, 6) is -0.900. The maximum atomic E-state index is 11.3. The summed E-state index contributed by atoms with van der Waals surface area (Å²) in [4.78, 5) is 11.3. The van der Waals surface area contributed by atoms with Crippen LogP contribution in [0.15, 0.2) is 24.4 Å². The lowest BCUT2D eigenvalue weighted by Crippen LogP contribution is -2.07. The van der Waals surface area contributed by atoms with Crippen molar-refractivity contribution in [2.75, 3.05) is 0 Å². The van der Waals surface area contributed by atoms with Gasteiger partial charge >= 0.3 is 5.97 Å². The number of hydrogen-bond acceptors (Lipinski definition) is 3. The second kappa shape index (κ2) is 5.77. The van der Waals surface area contributed by atoms with Gasteiger partial charge in [0.25, 0.3) is 0 Å². The zero-order chi connectivity index (χ0) is 14.7. The zero-order valence-electron chi connectivity index (χ0n) is 11.6. The number of unbranched alkanes of at least 4 members (excludes halogenated alkanes) is 1. The highest BCUT2D eigenvalue weighted by molar-refractivity contribution is 5.88. The molecule has 0 aliphatic carbocycles. The van der Waals surface area contributed by atoms with E-state index in [-0.39, 0.29) is 11.3 Å². The van der Waals surface area contributed by atoms with Crippen LogP contribution >= 0.6 is 0 Å². The molecule has 20 heavy (non-hydrogen) atoms. The van der Waals surface area contributed by atoms with Gasteiger partial charge in [-0.15, -0.1) is 0 Å². The normalized spacial score (nSPS) is 10.7. The molecule has 1 aromatic heterocycles. The summed E-state index contributed by atoms with van der Waals surface area (Å²) in [7, 11) is 0. The van der Waals surface area contributed by atoms with E-state index in [9.17, 15) is 15.0 Å². The molecule has 1 aromatic carbocycles. The molecular weight excluding hydrogens is 256 g/mol. The predicted octanol–water partition coefficient (Wildman–Crippen LogP) is 2.93. The van der Waals surface area contributed by atoms with Crippen molar-refractivity contribution >= 4 is 5.97 Å². The Balaban J connectivity index is 2.55. The maximum Gasteiger partial charge on any atom is 0.339 e. The summed E-state index contributed by atoms with van der Waals surface area (Å²) in [5.41, 5.74) is 2.31. The van der Waals surface area contributed by atoms with Crippen molar-refractivity contribution < 1.29 is 15.0 Å². The monoisotopic (exact) mass is 274 g/mol. The molecule has 5 heteroatoms. The lowest BCUT2D eigenvalue weighted by molar-refractivity contribution is 0.0695. The molecule has 2 aromatic rings. The predicted molar refractivity (Wildman–Crippen MR) is 75.5 cm³/mol. The van der Waals surface area contributed by atoms with Gasteiger partial charge < -0.3 is 10.2 Å². The SMILES string of the molecule is CCCCc1c(C(=O)O)cnn1-c1cc(C)ccc1O. The molecule has 0 saturated carbocycles. The molecule has 0 atom stereocenters. The highest BCUT2D eigenvalue weighted by atomic mass is 16.4. The minimum atomic E-state index is -0.991. The number of carboxylic acids is 1. The van der Waals surface area contributed by atoms with Crippen LogP contribution in [0.3, 0.4) is 0 Å². The van der Waals surface area contributed by atoms with Crippen LogP contribution in [0.2, 0.25) is 0 Å². The first-order valence-corrected chi connectivity index (χ1v) is 6.64. The third-order valence-corrected chi connectivity index (χ3v) is 3.23. The van der Waals surface area contributed by atoms with Gasteiger partial charge in [-0.05, 0) is 37.5 Å². The molecule has 2 N–H and O–H groups in total. The molecule has 5 nitrogen and oxygen atoms in total. The van der Waals surface area contributed by atoms with Gasteiger partial charge in [0.15, 0.2) is 0 Å². The first kappa shape index (κ1) is 14.1. The summed E-state index contributed by atoms with van der Waals surface area (Å²) < 4.78 is 1.53. The molecular formula is C15H18N2O3. The van der Waals surface area contributed by atoms with Crippen molar-refractivity contribution in [3.63, 3.8) is 0 Å². The highest BCUT2D eigenvalue weighted by Crippen LogP contribution is 2.25. The van der Waals surface area contributed by atoms with Crippen LogP contribution in [0.4, 0.5) is 0 Å². The maximum absolute atomic E-state index is 11.3. The number of nitrogens with zero attached hydrogens (tertiary/aromatic N) is 2. The summed E-state index contributed by atoms with van der Waals surface area (Å²) in [5, 5.41) is 23.3. The number of aromatic hydroxyl groups is 1. The standard InChI is InChI=1S/C15H18N2O3/c1-3-4-5-12-11(15(19)20)9-16-17(12)13-8-10(2)6-7-14(13)18/h6-9,18H,3-5H2,1-2H3,(H,19,20). The molecule has 0 aliphatic heterocycles. The Labute approximate surface area is 117 Å². The first-order valence-electron chi connectivity index (χ1n) is 6.64. The Kier molecular flexibility index (Phi) is 4.08. The van der Waals surface area contributed by atoms with Gasteiger partial charge in [-0.2, -0.15) is 5.10 Å². The Morgan fingerprint density at radius 3 is 2.80 bits per heavy atom. The van der Waals surface area contributed by atoms with Crippen LogP contribution in [-0.2, 0) is 6.42 Å². The fourth-order valence-corrected chi connectivity index (χ4v) is 2.15. The minimum Gasteiger partial charge on any atom is -0.506 e. The molecule has 0 fully saturated rings. The summed E-state index contributed by atoms with van der Waals surface area (Å²) >= 11 is 0. The van der Waals surface area contributed by atoms with E-state index in [2.05, 4.69) is 5.10 Å². The molecule has 0 amide bonds. The molecule has 0 radical (unpaired) electrons. The lowest BCUT2D eigenvalue weighted by Gasteiger charge is -2.10. The second-order valence-electron chi connectivity index (χ2n) is 4.82. The quantitative estimate of drug-likeness (QED) is 0.879. The van der Waals surface area contributed by atoms with Crippen LogP contribution in [0.25, 0.3) is 5.69 Å². The van der Waals surface area contributed by atoms with E-state index in [1.165, 1.54) is 10.9 Å². The number of phenolic OH excluding ortho intramolecular Hbond substituents is 1. The molecule has 0 saturated heterocycles. The summed E-state index contributed by atoms with van der Waals surface area (Å²) in [6.07, 6.45) is 3.79. The van der Waals surface area contributed by atoms with Gasteiger partial charge in [-0.25, -0.2) is 9.48 Å². The van der Waals surface area contributed by atoms with Crippen molar-refractivity contribution in [1.82, 2.24) is 9.78 Å². The number of benzene rings is 1. The molecule has 0 unspecified atom stereocenters. The molecule has 0 bridgehead atoms. The van der Waals surface area contributed by atoms with E-state index in [0.717, 1.165) is 18.4 Å². The van der Waals surface area contributed by atoms with Crippen molar-refractivity contribution in [2.24, 2.45) is 0 Å². The highest BCUT2D eigenvalue weighted by Gasteiger charge is 2.18. The van der Waals surface area contributed by atoms with Crippen LogP contribution in [-0.4, -0.2) is 26.0 Å². The number of phenols is 1. The molecule has 0 aliphatic rings. The van der Waals surface area contributed by atoms with Crippen LogP contribution < -0.4 is 0 Å². The third kappa shape index (κ3) is 2.66. The molecule has 106 valence electrons. The first-order chi connectivity index (χ1) is 9.54. The van der Waals surface area contributed by atoms with Crippen molar-refractivity contribution in [1.29, 1.82) is 0 Å². The van der Waals surface area contributed by atoms with Crippen LogP contribution in [0.1, 0.15) is 41.4 Å². The summed E-state index contributed by atoms with van der Waals surface area (Å²) in [6.45, 7) is 3.96. The Hall–Kier alpha value is -2.30. The fourth-order valence-electron chi connectivity index (χ4n) is 2.15. The van der Waals surface area contributed by atoms with Gasteiger partial charge in [0, 0.05) is 0 Å². The molecule has 1 heterocycles. The van der Waals surface area contributed by atoms with Crippen molar-refractivity contribution in [3.8, 4) is 11.4 Å². The van der Waals surface area contributed by atoms with E-state index in [1.807, 2.05) is 13.8 Å². The third-order valence-electron chi connectivity index (χ3n) is 3.23. The number of rotatable bonds is 5. The summed E-state index contributed by atoms with van der Waals surface area (Å²) in [6, 6.07) is 5.19. The number of aromatic nitrogens is 2. The van der Waals surface area contributed by atoms with E-state index in [1.54, 1.807) is 18.2 Å². The Morgan fingerprint density at radius 1 is 1.40 bits per heavy atom. The topological polar surface area (TPSA) is 75.3 Å². The molecule has 2 rings (SSSR count). The second-order valence-corrected chi connectivity index (χ2v) is 4.82. The average molecular weight is 274 g/mol. The molecule has 0 spiro atoms. The van der Waals surface area contributed by atoms with E-state index >= 15 is 0 Å². The van der Waals surface area contributed by atoms with Crippen molar-refractivity contribution in [2.45, 2.75) is 33.1 Å². The average Bonchev–Trinajstić information content (AvgIpc) is 2.83. The Bertz CT molecular complexity index is 632. The lowest BCUT2D eigenvalue weighted by atomic mass is 10.1. The number of carbonyl (C=O) groups is 1. The number of carboxylic acid groups (broad SMARTS) is 1. The largest absolute Gasteiger partial charge is 0.506 e. The number of hydrogen-bond donors (Lipinski definition) is 2. The van der Waals surface area contributed by atoms with Gasteiger partial charge in [0.2, 0.25) is 0 Å². The van der Waals surface area contributed by atoms with Gasteiger partial charge in [0.1, 0.15) is 17.0 Å². The van der Waals surface area contributed by atoms with Gasteiger partial charge in [0.05, 0.1) is 11.9 Å². The van der Waals surface area contributed by atoms with E-state index in [0.29, 0.717) is 17.8 Å². The minimum absolute atomic E-state index is 0.0911. The van der Waals surface area contributed by atoms with E-state index < -0.39 is 5.97 Å². The zero-order valence-corrected chi connectivity index (χ0v) is 11.6. The fraction of sp³-hybridized carbons (Fsp3) is 0.333. The van der Waals surface area contributed by atoms with Crippen molar-refractivity contribution in [3.05, 3.63) is 41.2 Å². The van der Waals surface area contributed by atoms with Crippen LogP contribution in [0, 0.1) is 6.92 Å². The van der Waals surface area contributed by atoms with Gasteiger partial charge in [-0.3, -0.25) is 0 Å². The van der Waals surface area contributed by atoms with Gasteiger partial charge in [-0.1, -0.05) is 19.4 Å². The smallest absolute Gasteiger partial charge is 0.339 e. The number of aryl methyl sites for hydroxylation is 1. The van der Waals surface area contributed by atoms with E-state index in [4.69, 9.17) is 0 Å². The number of aromatic carboxylic acids is 1.